The van der Waals surface area contributed by atoms with Crippen molar-refractivity contribution < 1.29 is 9.90 Å². The molecule has 0 amide bonds. The van der Waals surface area contributed by atoms with Crippen LogP contribution in [0.2, 0.25) is 0 Å². The van der Waals surface area contributed by atoms with Gasteiger partial charge in [-0.2, -0.15) is 0 Å². The predicted octanol–water partition coefficient (Wildman–Crippen LogP) is 3.22. The molecule has 1 aliphatic carbocycles. The van der Waals surface area contributed by atoms with Gasteiger partial charge in [0.25, 0.3) is 0 Å². The first-order valence-electron chi connectivity index (χ1n) is 5.98. The molecule has 0 bridgehead atoms. The molecular formula is C14H18O2. The molecule has 0 radical (unpaired) electrons. The fraction of sp³-hybridized carbons (Fsp3) is 0.500. The van der Waals surface area contributed by atoms with Crippen LogP contribution in [0.5, 0.6) is 0 Å². The van der Waals surface area contributed by atoms with Gasteiger partial charge in [-0.25, -0.2) is 0 Å². The van der Waals surface area contributed by atoms with Crippen molar-refractivity contribution in [2.45, 2.75) is 38.5 Å². The monoisotopic (exact) mass is 218 g/mol. The van der Waals surface area contributed by atoms with Crippen LogP contribution in [0.15, 0.2) is 24.3 Å². The Morgan fingerprint density at radius 1 is 1.38 bits per heavy atom. The van der Waals surface area contributed by atoms with Crippen molar-refractivity contribution >= 4 is 5.97 Å². The average molecular weight is 218 g/mol. The van der Waals surface area contributed by atoms with E-state index < -0.39 is 11.9 Å². The molecule has 0 aromatic heterocycles. The number of carboxylic acid groups (broad SMARTS) is 1. The molecule has 2 rings (SSSR count). The zero-order chi connectivity index (χ0) is 11.5. The molecule has 1 N–H and O–H groups in total. The van der Waals surface area contributed by atoms with Gasteiger partial charge in [-0.1, -0.05) is 43.5 Å². The Morgan fingerprint density at radius 2 is 2.00 bits per heavy atom. The van der Waals surface area contributed by atoms with Crippen LogP contribution in [-0.2, 0) is 11.2 Å². The highest BCUT2D eigenvalue weighted by Crippen LogP contribution is 2.30. The van der Waals surface area contributed by atoms with Crippen LogP contribution in [0.3, 0.4) is 0 Å². The van der Waals surface area contributed by atoms with Gasteiger partial charge >= 0.3 is 5.97 Å². The van der Waals surface area contributed by atoms with Gasteiger partial charge in [0.05, 0.1) is 5.92 Å². The fourth-order valence-corrected chi connectivity index (χ4v) is 2.12. The molecule has 1 saturated carbocycles. The zero-order valence-corrected chi connectivity index (χ0v) is 9.65. The maximum absolute atomic E-state index is 10.8. The van der Waals surface area contributed by atoms with Crippen molar-refractivity contribution in [1.82, 2.24) is 0 Å². The molecule has 2 nitrogen and oxygen atoms in total. The largest absolute Gasteiger partial charge is 0.481 e. The molecule has 16 heavy (non-hydrogen) atoms. The van der Waals surface area contributed by atoms with Gasteiger partial charge in [0.1, 0.15) is 0 Å². The van der Waals surface area contributed by atoms with E-state index in [2.05, 4.69) is 12.1 Å². The Morgan fingerprint density at radius 3 is 2.44 bits per heavy atom. The van der Waals surface area contributed by atoms with Crippen molar-refractivity contribution in [2.24, 2.45) is 5.92 Å². The summed E-state index contributed by atoms with van der Waals surface area (Å²) in [6.07, 6.45) is 5.24. The summed E-state index contributed by atoms with van der Waals surface area (Å²) < 4.78 is 0. The molecular weight excluding hydrogens is 200 g/mol. The number of aliphatic carboxylic acids is 1. The van der Waals surface area contributed by atoms with E-state index in [4.69, 9.17) is 5.11 Å². The lowest BCUT2D eigenvalue weighted by Crippen LogP contribution is -2.13. The van der Waals surface area contributed by atoms with Gasteiger partial charge in [-0.3, -0.25) is 4.79 Å². The van der Waals surface area contributed by atoms with E-state index in [9.17, 15) is 4.79 Å². The summed E-state index contributed by atoms with van der Waals surface area (Å²) in [6.45, 7) is 1.73. The zero-order valence-electron chi connectivity index (χ0n) is 9.65. The lowest BCUT2D eigenvalue weighted by Gasteiger charge is -2.25. The molecule has 1 aromatic rings. The SMILES string of the molecule is C[C@@H](C(=O)O)c1ccc(CC2CCC2)cc1. The number of hydrogen-bond acceptors (Lipinski definition) is 1. The number of carboxylic acids is 1. The van der Waals surface area contributed by atoms with Crippen molar-refractivity contribution in [3.8, 4) is 0 Å². The Balaban J connectivity index is 2.00. The van der Waals surface area contributed by atoms with Gasteiger partial charge in [-0.15, -0.1) is 0 Å². The number of rotatable bonds is 4. The second-order valence-corrected chi connectivity index (χ2v) is 4.80. The topological polar surface area (TPSA) is 37.3 Å². The third-order valence-electron chi connectivity index (χ3n) is 3.60. The minimum absolute atomic E-state index is 0.405. The lowest BCUT2D eigenvalue weighted by atomic mass is 9.81. The second kappa shape index (κ2) is 4.69. The molecule has 0 spiro atoms. The number of hydrogen-bond donors (Lipinski definition) is 1. The summed E-state index contributed by atoms with van der Waals surface area (Å²) >= 11 is 0. The summed E-state index contributed by atoms with van der Waals surface area (Å²) in [5, 5.41) is 8.90. The van der Waals surface area contributed by atoms with Gasteiger partial charge in [0.2, 0.25) is 0 Å². The standard InChI is InChI=1S/C14H18O2/c1-10(14(15)16)13-7-5-12(6-8-13)9-11-3-2-4-11/h5-8,10-11H,2-4,9H2,1H3,(H,15,16)/t10-/m1/s1. The third-order valence-corrected chi connectivity index (χ3v) is 3.60. The van der Waals surface area contributed by atoms with Crippen LogP contribution < -0.4 is 0 Å². The van der Waals surface area contributed by atoms with Crippen LogP contribution in [0.1, 0.15) is 43.2 Å². The predicted molar refractivity (Wildman–Crippen MR) is 63.5 cm³/mol. The maximum Gasteiger partial charge on any atom is 0.310 e. The van der Waals surface area contributed by atoms with E-state index >= 15 is 0 Å². The highest BCUT2D eigenvalue weighted by atomic mass is 16.4. The molecule has 1 aromatic carbocycles. The quantitative estimate of drug-likeness (QED) is 0.842. The van der Waals surface area contributed by atoms with E-state index in [1.165, 1.54) is 24.8 Å². The van der Waals surface area contributed by atoms with Gasteiger partial charge < -0.3 is 5.11 Å². The molecule has 0 aliphatic heterocycles. The van der Waals surface area contributed by atoms with E-state index in [-0.39, 0.29) is 0 Å². The first-order chi connectivity index (χ1) is 7.66. The van der Waals surface area contributed by atoms with Gasteiger partial charge in [0, 0.05) is 0 Å². The Kier molecular flexibility index (Phi) is 3.28. The molecule has 0 heterocycles. The molecule has 0 unspecified atom stereocenters. The first kappa shape index (κ1) is 11.2. The minimum atomic E-state index is -0.758. The normalized spacial score (nSPS) is 17.8. The van der Waals surface area contributed by atoms with E-state index in [0.717, 1.165) is 17.9 Å². The Hall–Kier alpha value is -1.31. The summed E-state index contributed by atoms with van der Waals surface area (Å²) in [5.41, 5.74) is 2.23. The molecule has 2 heteroatoms. The number of carbonyl (C=O) groups is 1. The minimum Gasteiger partial charge on any atom is -0.481 e. The van der Waals surface area contributed by atoms with E-state index in [0.29, 0.717) is 0 Å². The van der Waals surface area contributed by atoms with Crippen LogP contribution >= 0.6 is 0 Å². The second-order valence-electron chi connectivity index (χ2n) is 4.80. The first-order valence-corrected chi connectivity index (χ1v) is 5.98. The molecule has 1 atom stereocenters. The Labute approximate surface area is 96.3 Å². The fourth-order valence-electron chi connectivity index (χ4n) is 2.12. The summed E-state index contributed by atoms with van der Waals surface area (Å²) in [4.78, 5) is 10.8. The number of benzene rings is 1. The van der Waals surface area contributed by atoms with Crippen LogP contribution in [-0.4, -0.2) is 11.1 Å². The smallest absolute Gasteiger partial charge is 0.310 e. The van der Waals surface area contributed by atoms with Crippen molar-refractivity contribution in [1.29, 1.82) is 0 Å². The average Bonchev–Trinajstić information content (AvgIpc) is 2.23. The van der Waals surface area contributed by atoms with Crippen LogP contribution in [0, 0.1) is 5.92 Å². The van der Waals surface area contributed by atoms with Crippen molar-refractivity contribution in [2.75, 3.05) is 0 Å². The highest BCUT2D eigenvalue weighted by Gasteiger charge is 2.18. The molecule has 1 aliphatic rings. The van der Waals surface area contributed by atoms with Crippen LogP contribution in [0.4, 0.5) is 0 Å². The summed E-state index contributed by atoms with van der Waals surface area (Å²) in [5.74, 6) is -0.299. The van der Waals surface area contributed by atoms with E-state index in [1.54, 1.807) is 6.92 Å². The van der Waals surface area contributed by atoms with Gasteiger partial charge in [0.15, 0.2) is 0 Å². The molecule has 1 fully saturated rings. The van der Waals surface area contributed by atoms with Crippen molar-refractivity contribution in [3.63, 3.8) is 0 Å². The Bertz CT molecular complexity index is 363. The van der Waals surface area contributed by atoms with Gasteiger partial charge in [-0.05, 0) is 30.4 Å². The third kappa shape index (κ3) is 2.43. The summed E-state index contributed by atoms with van der Waals surface area (Å²) in [7, 11) is 0. The van der Waals surface area contributed by atoms with E-state index in [1.807, 2.05) is 12.1 Å². The molecule has 0 saturated heterocycles. The molecule has 86 valence electrons. The maximum atomic E-state index is 10.8. The highest BCUT2D eigenvalue weighted by molar-refractivity contribution is 5.75. The van der Waals surface area contributed by atoms with Crippen LogP contribution in [0.25, 0.3) is 0 Å². The summed E-state index contributed by atoms with van der Waals surface area (Å²) in [6, 6.07) is 8.06. The van der Waals surface area contributed by atoms with Crippen molar-refractivity contribution in [3.05, 3.63) is 35.4 Å². The lowest BCUT2D eigenvalue weighted by molar-refractivity contribution is -0.138.